The number of carbonyl (C=O) groups excluding carboxylic acids is 1. The second-order valence-corrected chi connectivity index (χ2v) is 6.59. The molecule has 0 aliphatic carbocycles. The number of hydrogen-bond donors (Lipinski definition) is 2. The zero-order valence-electron chi connectivity index (χ0n) is 16.8. The van der Waals surface area contributed by atoms with E-state index < -0.39 is 12.7 Å². The van der Waals surface area contributed by atoms with Crippen molar-refractivity contribution in [2.75, 3.05) is 13.7 Å². The van der Waals surface area contributed by atoms with Crippen LogP contribution >= 0.6 is 0 Å². The molecular formula is C21H32O7. The third-order valence-electron chi connectivity index (χ3n) is 4.21. The lowest BCUT2D eigenvalue weighted by atomic mass is 10.1. The molecule has 0 aliphatic heterocycles. The van der Waals surface area contributed by atoms with Crippen LogP contribution < -0.4 is 10.2 Å². The minimum atomic E-state index is -0.638. The second-order valence-electron chi connectivity index (χ2n) is 6.59. The standard InChI is InChI=1S/C21H32O7/c1-3-4-6-9-16(23)11-12-19-21(18(24)14-17(15-22)28-19)27-13-8-5-7-10-20(25)26-2/h11-12,14,16,22-23H,3-10,13,15H2,1-2H3. The van der Waals surface area contributed by atoms with Gasteiger partial charge in [0.1, 0.15) is 12.4 Å². The van der Waals surface area contributed by atoms with Gasteiger partial charge < -0.3 is 24.1 Å². The van der Waals surface area contributed by atoms with Crippen molar-refractivity contribution in [3.05, 3.63) is 33.9 Å². The van der Waals surface area contributed by atoms with Gasteiger partial charge in [0.15, 0.2) is 5.76 Å². The summed E-state index contributed by atoms with van der Waals surface area (Å²) in [4.78, 5) is 23.3. The second kappa shape index (κ2) is 14.0. The number of ether oxygens (including phenoxy) is 2. The highest BCUT2D eigenvalue weighted by Crippen LogP contribution is 2.19. The lowest BCUT2D eigenvalue weighted by Crippen LogP contribution is -2.12. The molecule has 0 fully saturated rings. The monoisotopic (exact) mass is 396 g/mol. The number of aliphatic hydroxyl groups excluding tert-OH is 2. The van der Waals surface area contributed by atoms with Crippen molar-refractivity contribution in [1.29, 1.82) is 0 Å². The molecule has 0 amide bonds. The van der Waals surface area contributed by atoms with Gasteiger partial charge in [-0.2, -0.15) is 0 Å². The molecule has 2 N–H and O–H groups in total. The Bertz CT molecular complexity index is 663. The molecule has 0 aliphatic rings. The molecule has 28 heavy (non-hydrogen) atoms. The summed E-state index contributed by atoms with van der Waals surface area (Å²) in [7, 11) is 1.36. The van der Waals surface area contributed by atoms with Crippen molar-refractivity contribution in [3.8, 4) is 5.75 Å². The summed E-state index contributed by atoms with van der Waals surface area (Å²) in [6, 6.07) is 1.20. The fourth-order valence-corrected chi connectivity index (χ4v) is 2.60. The fraction of sp³-hybridized carbons (Fsp3) is 0.619. The first-order chi connectivity index (χ1) is 13.5. The molecule has 1 aromatic heterocycles. The Morgan fingerprint density at radius 2 is 2.04 bits per heavy atom. The molecule has 158 valence electrons. The zero-order valence-corrected chi connectivity index (χ0v) is 16.8. The Balaban J connectivity index is 2.68. The summed E-state index contributed by atoms with van der Waals surface area (Å²) >= 11 is 0. The molecule has 7 nitrogen and oxygen atoms in total. The number of hydrogen-bond acceptors (Lipinski definition) is 7. The van der Waals surface area contributed by atoms with Gasteiger partial charge in [0.05, 0.1) is 19.8 Å². The van der Waals surface area contributed by atoms with E-state index in [1.807, 2.05) is 0 Å². The molecule has 1 aromatic rings. The van der Waals surface area contributed by atoms with Gasteiger partial charge >= 0.3 is 5.97 Å². The van der Waals surface area contributed by atoms with Gasteiger partial charge in [-0.15, -0.1) is 0 Å². The van der Waals surface area contributed by atoms with Crippen LogP contribution in [0.3, 0.4) is 0 Å². The highest BCUT2D eigenvalue weighted by molar-refractivity contribution is 5.68. The number of carbonyl (C=O) groups is 1. The topological polar surface area (TPSA) is 106 Å². The molecule has 0 spiro atoms. The third kappa shape index (κ3) is 9.19. The van der Waals surface area contributed by atoms with E-state index in [0.29, 0.717) is 32.3 Å². The highest BCUT2D eigenvalue weighted by atomic mass is 16.5. The quantitative estimate of drug-likeness (QED) is 0.367. The van der Waals surface area contributed by atoms with E-state index in [-0.39, 0.29) is 28.7 Å². The summed E-state index contributed by atoms with van der Waals surface area (Å²) in [5.41, 5.74) is -0.384. The summed E-state index contributed by atoms with van der Waals surface area (Å²) < 4.78 is 15.7. The van der Waals surface area contributed by atoms with Crippen LogP contribution in [0.2, 0.25) is 0 Å². The van der Waals surface area contributed by atoms with Crippen molar-refractivity contribution in [2.24, 2.45) is 0 Å². The minimum Gasteiger partial charge on any atom is -0.486 e. The fourth-order valence-electron chi connectivity index (χ4n) is 2.60. The summed E-state index contributed by atoms with van der Waals surface area (Å²) in [6.45, 7) is 1.99. The molecule has 1 heterocycles. The van der Waals surface area contributed by atoms with Crippen molar-refractivity contribution in [1.82, 2.24) is 0 Å². The van der Waals surface area contributed by atoms with E-state index in [1.165, 1.54) is 19.3 Å². The lowest BCUT2D eigenvalue weighted by Gasteiger charge is -2.10. The number of rotatable bonds is 14. The molecule has 7 heteroatoms. The first kappa shape index (κ1) is 23.9. The number of unbranched alkanes of at least 4 members (excludes halogenated alkanes) is 4. The maximum atomic E-state index is 12.3. The molecular weight excluding hydrogens is 364 g/mol. The first-order valence-electron chi connectivity index (χ1n) is 9.85. The first-order valence-corrected chi connectivity index (χ1v) is 9.85. The molecule has 0 aromatic carbocycles. The number of esters is 1. The molecule has 0 radical (unpaired) electrons. The lowest BCUT2D eigenvalue weighted by molar-refractivity contribution is -0.140. The average molecular weight is 396 g/mol. The van der Waals surface area contributed by atoms with Gasteiger partial charge in [-0.1, -0.05) is 32.3 Å². The van der Waals surface area contributed by atoms with E-state index in [4.69, 9.17) is 9.15 Å². The summed E-state index contributed by atoms with van der Waals surface area (Å²) in [6.07, 6.45) is 8.58. The predicted octanol–water partition coefficient (Wildman–Crippen LogP) is 3.20. The molecule has 0 saturated carbocycles. The van der Waals surface area contributed by atoms with Crippen molar-refractivity contribution >= 4 is 12.0 Å². The van der Waals surface area contributed by atoms with Gasteiger partial charge in [-0.25, -0.2) is 0 Å². The van der Waals surface area contributed by atoms with Crippen LogP contribution in [-0.2, 0) is 16.1 Å². The Labute approximate surface area is 166 Å². The van der Waals surface area contributed by atoms with Crippen LogP contribution in [0.5, 0.6) is 5.75 Å². The van der Waals surface area contributed by atoms with Crippen molar-refractivity contribution < 1.29 is 28.9 Å². The normalized spacial score (nSPS) is 12.3. The Morgan fingerprint density at radius 3 is 2.71 bits per heavy atom. The zero-order chi connectivity index (χ0) is 20.8. The van der Waals surface area contributed by atoms with Crippen LogP contribution in [0.1, 0.15) is 69.8 Å². The Hall–Kier alpha value is -2.12. The highest BCUT2D eigenvalue weighted by Gasteiger charge is 2.12. The van der Waals surface area contributed by atoms with Crippen LogP contribution in [0.15, 0.2) is 21.4 Å². The summed E-state index contributed by atoms with van der Waals surface area (Å²) in [5, 5.41) is 19.3. The Kier molecular flexibility index (Phi) is 11.9. The van der Waals surface area contributed by atoms with Crippen LogP contribution in [-0.4, -0.2) is 36.0 Å². The minimum absolute atomic E-state index is 0.0576. The van der Waals surface area contributed by atoms with Gasteiger partial charge in [-0.05, 0) is 31.8 Å². The molecule has 0 saturated heterocycles. The van der Waals surface area contributed by atoms with Crippen LogP contribution in [0.25, 0.3) is 6.08 Å². The van der Waals surface area contributed by atoms with E-state index in [2.05, 4.69) is 11.7 Å². The SMILES string of the molecule is CCCCCC(O)C=Cc1oc(CO)cc(=O)c1OCCCCCC(=O)OC. The number of methoxy groups -OCH3 is 1. The molecule has 0 bridgehead atoms. The van der Waals surface area contributed by atoms with E-state index in [9.17, 15) is 19.8 Å². The third-order valence-corrected chi connectivity index (χ3v) is 4.21. The van der Waals surface area contributed by atoms with E-state index in [1.54, 1.807) is 6.08 Å². The smallest absolute Gasteiger partial charge is 0.305 e. The van der Waals surface area contributed by atoms with Crippen molar-refractivity contribution in [3.63, 3.8) is 0 Å². The maximum absolute atomic E-state index is 12.3. The van der Waals surface area contributed by atoms with Crippen LogP contribution in [0.4, 0.5) is 0 Å². The van der Waals surface area contributed by atoms with Gasteiger partial charge in [-0.3, -0.25) is 9.59 Å². The Morgan fingerprint density at radius 1 is 1.25 bits per heavy atom. The van der Waals surface area contributed by atoms with Crippen molar-refractivity contribution in [2.45, 2.75) is 71.0 Å². The van der Waals surface area contributed by atoms with E-state index >= 15 is 0 Å². The van der Waals surface area contributed by atoms with Gasteiger partial charge in [0, 0.05) is 12.5 Å². The predicted molar refractivity (Wildman–Crippen MR) is 106 cm³/mol. The summed E-state index contributed by atoms with van der Waals surface area (Å²) in [5.74, 6) is 0.129. The maximum Gasteiger partial charge on any atom is 0.305 e. The van der Waals surface area contributed by atoms with E-state index in [0.717, 1.165) is 25.7 Å². The number of aliphatic hydroxyl groups is 2. The van der Waals surface area contributed by atoms with Crippen LogP contribution in [0, 0.1) is 0 Å². The molecule has 1 atom stereocenters. The molecule has 1 rings (SSSR count). The molecule has 1 unspecified atom stereocenters. The largest absolute Gasteiger partial charge is 0.486 e. The average Bonchev–Trinajstić information content (AvgIpc) is 2.69. The van der Waals surface area contributed by atoms with Gasteiger partial charge in [0.25, 0.3) is 0 Å². The van der Waals surface area contributed by atoms with Gasteiger partial charge in [0.2, 0.25) is 11.2 Å².